The summed E-state index contributed by atoms with van der Waals surface area (Å²) in [4.78, 5) is 25.2. The van der Waals surface area contributed by atoms with Gasteiger partial charge in [0.05, 0.1) is 17.6 Å². The number of fused-ring (bicyclic) bond motifs is 1. The number of nitrogens with zero attached hydrogens (tertiary/aromatic N) is 4. The Balaban J connectivity index is 1.83. The predicted octanol–water partition coefficient (Wildman–Crippen LogP) is 2.12. The maximum absolute atomic E-state index is 13.3. The average molecular weight is 369 g/mol. The molecule has 0 atom stereocenters. The number of carbonyl (C=O) groups excluding carboxylic acids is 1. The van der Waals surface area contributed by atoms with E-state index >= 15 is 0 Å². The van der Waals surface area contributed by atoms with Crippen molar-refractivity contribution in [2.24, 2.45) is 0 Å². The predicted molar refractivity (Wildman–Crippen MR) is 98.4 cm³/mol. The van der Waals surface area contributed by atoms with Crippen LogP contribution in [0.25, 0.3) is 16.6 Å². The topological polar surface area (TPSA) is 81.8 Å². The van der Waals surface area contributed by atoms with Crippen molar-refractivity contribution in [3.05, 3.63) is 52.3 Å². The number of halogens is 1. The number of amides is 1. The molecular formula is C19H20FN5O2. The van der Waals surface area contributed by atoms with Gasteiger partial charge >= 0.3 is 0 Å². The van der Waals surface area contributed by atoms with Crippen LogP contribution in [0.3, 0.4) is 0 Å². The molecule has 140 valence electrons. The molecule has 1 N–H and O–H groups in total. The molecule has 8 heteroatoms. The van der Waals surface area contributed by atoms with E-state index in [1.807, 2.05) is 6.92 Å². The maximum atomic E-state index is 13.3. The second kappa shape index (κ2) is 6.94. The van der Waals surface area contributed by atoms with E-state index in [9.17, 15) is 14.0 Å². The molecule has 7 nitrogen and oxygen atoms in total. The zero-order chi connectivity index (χ0) is 19.0. The lowest BCUT2D eigenvalue weighted by Crippen LogP contribution is -2.35. The number of aromatic nitrogens is 4. The third-order valence-corrected chi connectivity index (χ3v) is 4.61. The monoisotopic (exact) mass is 369 g/mol. The number of benzene rings is 1. The summed E-state index contributed by atoms with van der Waals surface area (Å²) >= 11 is 0. The van der Waals surface area contributed by atoms with E-state index in [0.29, 0.717) is 23.1 Å². The van der Waals surface area contributed by atoms with Gasteiger partial charge in [0.25, 0.3) is 5.56 Å². The van der Waals surface area contributed by atoms with E-state index < -0.39 is 0 Å². The molecule has 2 heterocycles. The van der Waals surface area contributed by atoms with E-state index in [-0.39, 0.29) is 29.7 Å². The molecule has 0 radical (unpaired) electrons. The number of hydrogen-bond acceptors (Lipinski definition) is 4. The van der Waals surface area contributed by atoms with Crippen LogP contribution in [0.15, 0.2) is 35.3 Å². The fourth-order valence-corrected chi connectivity index (χ4v) is 3.09. The largest absolute Gasteiger partial charge is 0.355 e. The standard InChI is InChI=1S/C19H20FN5O2/c1-2-9-21-16(26)11-24-19(27)18-15(17(23-24)12-3-4-12)10-22-25(18)14-7-5-13(20)6-8-14/h5-8,10,12H,2-4,9,11H2,1H3,(H,21,26). The van der Waals surface area contributed by atoms with Gasteiger partial charge in [-0.1, -0.05) is 6.92 Å². The van der Waals surface area contributed by atoms with Crippen molar-refractivity contribution in [3.63, 3.8) is 0 Å². The molecule has 1 aliphatic rings. The number of nitrogens with one attached hydrogen (secondary N) is 1. The second-order valence-corrected chi connectivity index (χ2v) is 6.77. The van der Waals surface area contributed by atoms with Crippen molar-refractivity contribution in [2.45, 2.75) is 38.6 Å². The van der Waals surface area contributed by atoms with Crippen molar-refractivity contribution >= 4 is 16.8 Å². The Morgan fingerprint density at radius 1 is 1.30 bits per heavy atom. The number of rotatable bonds is 6. The van der Waals surface area contributed by atoms with Crippen molar-refractivity contribution in [3.8, 4) is 5.69 Å². The van der Waals surface area contributed by atoms with E-state index in [1.165, 1.54) is 21.5 Å². The van der Waals surface area contributed by atoms with Gasteiger partial charge in [0.1, 0.15) is 17.9 Å². The Kier molecular flexibility index (Phi) is 4.47. The molecule has 1 amide bonds. The third kappa shape index (κ3) is 3.34. The summed E-state index contributed by atoms with van der Waals surface area (Å²) in [6, 6.07) is 5.78. The lowest BCUT2D eigenvalue weighted by atomic mass is 10.2. The van der Waals surface area contributed by atoms with Crippen LogP contribution >= 0.6 is 0 Å². The zero-order valence-corrected chi connectivity index (χ0v) is 15.0. The molecule has 1 saturated carbocycles. The molecule has 3 aromatic rings. The fourth-order valence-electron chi connectivity index (χ4n) is 3.09. The molecule has 1 fully saturated rings. The first kappa shape index (κ1) is 17.4. The normalized spacial score (nSPS) is 13.9. The van der Waals surface area contributed by atoms with Gasteiger partial charge < -0.3 is 5.32 Å². The highest BCUT2D eigenvalue weighted by molar-refractivity contribution is 5.83. The summed E-state index contributed by atoms with van der Waals surface area (Å²) in [5.41, 5.74) is 1.35. The number of hydrogen-bond donors (Lipinski definition) is 1. The smallest absolute Gasteiger partial charge is 0.293 e. The quantitative estimate of drug-likeness (QED) is 0.722. The molecule has 0 bridgehead atoms. The first-order valence-electron chi connectivity index (χ1n) is 9.10. The summed E-state index contributed by atoms with van der Waals surface area (Å²) in [5, 5.41) is 12.3. The van der Waals surface area contributed by atoms with Crippen molar-refractivity contribution in [1.82, 2.24) is 24.9 Å². The molecule has 1 aliphatic carbocycles. The van der Waals surface area contributed by atoms with Crippen molar-refractivity contribution in [1.29, 1.82) is 0 Å². The van der Waals surface area contributed by atoms with Gasteiger partial charge in [-0.2, -0.15) is 10.2 Å². The third-order valence-electron chi connectivity index (χ3n) is 4.61. The summed E-state index contributed by atoms with van der Waals surface area (Å²) < 4.78 is 16.0. The molecule has 0 saturated heterocycles. The van der Waals surface area contributed by atoms with Crippen LogP contribution in [0.2, 0.25) is 0 Å². The van der Waals surface area contributed by atoms with E-state index in [0.717, 1.165) is 25.0 Å². The highest BCUT2D eigenvalue weighted by atomic mass is 19.1. The van der Waals surface area contributed by atoms with Crippen LogP contribution in [-0.2, 0) is 11.3 Å². The molecule has 4 rings (SSSR count). The van der Waals surface area contributed by atoms with Gasteiger partial charge in [-0.05, 0) is 43.5 Å². The van der Waals surface area contributed by atoms with Gasteiger partial charge in [-0.3, -0.25) is 9.59 Å². The Bertz CT molecular complexity index is 1050. The van der Waals surface area contributed by atoms with Gasteiger partial charge in [-0.15, -0.1) is 0 Å². The van der Waals surface area contributed by atoms with Crippen LogP contribution in [-0.4, -0.2) is 32.0 Å². The molecule has 2 aromatic heterocycles. The van der Waals surface area contributed by atoms with Gasteiger partial charge in [0.15, 0.2) is 0 Å². The summed E-state index contributed by atoms with van der Waals surface area (Å²) in [7, 11) is 0. The molecule has 27 heavy (non-hydrogen) atoms. The molecule has 0 spiro atoms. The highest BCUT2D eigenvalue weighted by Crippen LogP contribution is 2.41. The first-order valence-corrected chi connectivity index (χ1v) is 9.10. The summed E-state index contributed by atoms with van der Waals surface area (Å²) in [6.45, 7) is 2.38. The number of carbonyl (C=O) groups is 1. The summed E-state index contributed by atoms with van der Waals surface area (Å²) in [6.07, 6.45) is 4.45. The van der Waals surface area contributed by atoms with Crippen LogP contribution in [0.4, 0.5) is 4.39 Å². The molecule has 0 unspecified atom stereocenters. The Labute approximate surface area is 154 Å². The van der Waals surface area contributed by atoms with Gasteiger partial charge in [0.2, 0.25) is 5.91 Å². The van der Waals surface area contributed by atoms with E-state index in [4.69, 9.17) is 0 Å². The van der Waals surface area contributed by atoms with Gasteiger partial charge in [-0.25, -0.2) is 13.8 Å². The minimum Gasteiger partial charge on any atom is -0.355 e. The summed E-state index contributed by atoms with van der Waals surface area (Å²) in [5.74, 6) is -0.329. The molecular weight excluding hydrogens is 349 g/mol. The SMILES string of the molecule is CCCNC(=O)Cn1nc(C2CC2)c2cnn(-c3ccc(F)cc3)c2c1=O. The van der Waals surface area contributed by atoms with Crippen LogP contribution in [0.1, 0.15) is 37.8 Å². The zero-order valence-electron chi connectivity index (χ0n) is 15.0. The maximum Gasteiger partial charge on any atom is 0.293 e. The lowest BCUT2D eigenvalue weighted by molar-refractivity contribution is -0.121. The minimum atomic E-state index is -0.386. The fraction of sp³-hybridized carbons (Fsp3) is 0.368. The average Bonchev–Trinajstić information content (AvgIpc) is 3.41. The van der Waals surface area contributed by atoms with E-state index in [2.05, 4.69) is 15.5 Å². The lowest BCUT2D eigenvalue weighted by Gasteiger charge is -2.10. The molecule has 1 aromatic carbocycles. The Hall–Kier alpha value is -3.03. The van der Waals surface area contributed by atoms with E-state index in [1.54, 1.807) is 18.3 Å². The second-order valence-electron chi connectivity index (χ2n) is 6.77. The van der Waals surface area contributed by atoms with Crippen LogP contribution in [0.5, 0.6) is 0 Å². The Morgan fingerprint density at radius 3 is 2.70 bits per heavy atom. The van der Waals surface area contributed by atoms with Crippen LogP contribution < -0.4 is 10.9 Å². The Morgan fingerprint density at radius 2 is 2.04 bits per heavy atom. The first-order chi connectivity index (χ1) is 13.1. The molecule has 0 aliphatic heterocycles. The van der Waals surface area contributed by atoms with Gasteiger partial charge in [0, 0.05) is 17.8 Å². The van der Waals surface area contributed by atoms with Crippen molar-refractivity contribution in [2.75, 3.05) is 6.54 Å². The minimum absolute atomic E-state index is 0.136. The van der Waals surface area contributed by atoms with Crippen molar-refractivity contribution < 1.29 is 9.18 Å². The van der Waals surface area contributed by atoms with Crippen LogP contribution in [0, 0.1) is 5.82 Å². The highest BCUT2D eigenvalue weighted by Gasteiger charge is 2.30.